The zero-order valence-corrected chi connectivity index (χ0v) is 16.3. The average molecular weight is 371 g/mol. The Hall–Kier alpha value is -2.15. The summed E-state index contributed by atoms with van der Waals surface area (Å²) in [5.41, 5.74) is 0. The highest BCUT2D eigenvalue weighted by molar-refractivity contribution is 5.42. The smallest absolute Gasteiger partial charge is 0.227 e. The number of H-pyrrole nitrogens is 1. The Morgan fingerprint density at radius 1 is 1.19 bits per heavy atom. The molecule has 0 unspecified atom stereocenters. The van der Waals surface area contributed by atoms with Crippen LogP contribution in [0.5, 0.6) is 0 Å². The fraction of sp³-hybridized carbons (Fsp3) is 0.650. The summed E-state index contributed by atoms with van der Waals surface area (Å²) in [6.07, 6.45) is 10.2. The molecule has 27 heavy (non-hydrogen) atoms. The molecule has 0 radical (unpaired) electrons. The van der Waals surface area contributed by atoms with Gasteiger partial charge < -0.3 is 19.9 Å². The molecular formula is C20H30N6O. The number of anilines is 2. The molecular weight excluding hydrogens is 340 g/mol. The lowest BCUT2D eigenvalue weighted by molar-refractivity contribution is -0.0203. The zero-order valence-electron chi connectivity index (χ0n) is 16.3. The van der Waals surface area contributed by atoms with E-state index in [9.17, 15) is 0 Å². The van der Waals surface area contributed by atoms with Crippen LogP contribution < -0.4 is 10.2 Å². The van der Waals surface area contributed by atoms with Crippen molar-refractivity contribution in [3.05, 3.63) is 30.5 Å². The number of nitrogens with zero attached hydrogens (tertiary/aromatic N) is 4. The summed E-state index contributed by atoms with van der Waals surface area (Å²) in [7, 11) is 0. The number of aromatic nitrogens is 4. The van der Waals surface area contributed by atoms with Crippen molar-refractivity contribution in [3.8, 4) is 0 Å². The monoisotopic (exact) mass is 370 g/mol. The van der Waals surface area contributed by atoms with E-state index in [4.69, 9.17) is 9.72 Å². The summed E-state index contributed by atoms with van der Waals surface area (Å²) in [5.74, 6) is 3.81. The number of hydrogen-bond acceptors (Lipinski definition) is 6. The highest BCUT2D eigenvalue weighted by Gasteiger charge is 2.29. The number of rotatable bonds is 5. The van der Waals surface area contributed by atoms with Gasteiger partial charge in [-0.25, -0.2) is 9.97 Å². The lowest BCUT2D eigenvalue weighted by Crippen LogP contribution is -2.43. The third kappa shape index (κ3) is 4.24. The molecule has 2 aliphatic heterocycles. The fourth-order valence-electron chi connectivity index (χ4n) is 4.24. The first kappa shape index (κ1) is 18.2. The lowest BCUT2D eigenvalue weighted by atomic mass is 9.94. The van der Waals surface area contributed by atoms with Gasteiger partial charge in [0.25, 0.3) is 0 Å². The number of hydrogen-bond donors (Lipinski definition) is 2. The minimum Gasteiger partial charge on any atom is -0.376 e. The Morgan fingerprint density at radius 2 is 2.04 bits per heavy atom. The van der Waals surface area contributed by atoms with Crippen molar-refractivity contribution in [1.29, 1.82) is 0 Å². The molecule has 2 aliphatic rings. The predicted molar refractivity (Wildman–Crippen MR) is 106 cm³/mol. The molecule has 146 valence electrons. The molecule has 4 rings (SSSR count). The van der Waals surface area contributed by atoms with Crippen LogP contribution in [0.3, 0.4) is 0 Å². The molecule has 7 heteroatoms. The molecule has 2 fully saturated rings. The van der Waals surface area contributed by atoms with Gasteiger partial charge in [0.15, 0.2) is 0 Å². The van der Waals surface area contributed by atoms with Crippen molar-refractivity contribution in [2.75, 3.05) is 29.9 Å². The van der Waals surface area contributed by atoms with Crippen LogP contribution in [0.15, 0.2) is 24.7 Å². The van der Waals surface area contributed by atoms with E-state index in [1.165, 1.54) is 0 Å². The van der Waals surface area contributed by atoms with Gasteiger partial charge in [0.05, 0.1) is 12.1 Å². The summed E-state index contributed by atoms with van der Waals surface area (Å²) in [5, 5.41) is 3.61. The predicted octanol–water partition coefficient (Wildman–Crippen LogP) is 3.20. The van der Waals surface area contributed by atoms with Gasteiger partial charge in [0, 0.05) is 44.2 Å². The maximum Gasteiger partial charge on any atom is 0.227 e. The second-order valence-corrected chi connectivity index (χ2v) is 7.95. The molecule has 2 aromatic rings. The molecule has 0 saturated carbocycles. The third-order valence-corrected chi connectivity index (χ3v) is 5.68. The molecule has 7 nitrogen and oxygen atoms in total. The van der Waals surface area contributed by atoms with Crippen LogP contribution in [0, 0.1) is 5.92 Å². The van der Waals surface area contributed by atoms with E-state index in [0.29, 0.717) is 17.9 Å². The summed E-state index contributed by atoms with van der Waals surface area (Å²) in [6.45, 7) is 7.21. The first-order valence-electron chi connectivity index (χ1n) is 10.2. The Labute approximate surface area is 161 Å². The maximum absolute atomic E-state index is 5.99. The molecule has 0 aliphatic carbocycles. The van der Waals surface area contributed by atoms with Crippen LogP contribution in [0.25, 0.3) is 0 Å². The first-order chi connectivity index (χ1) is 13.2. The van der Waals surface area contributed by atoms with E-state index in [0.717, 1.165) is 63.0 Å². The van der Waals surface area contributed by atoms with E-state index in [-0.39, 0.29) is 6.10 Å². The fourth-order valence-corrected chi connectivity index (χ4v) is 4.24. The van der Waals surface area contributed by atoms with Crippen molar-refractivity contribution in [3.63, 3.8) is 0 Å². The molecule has 0 amide bonds. The molecule has 0 bridgehead atoms. The van der Waals surface area contributed by atoms with E-state index in [2.05, 4.69) is 39.0 Å². The van der Waals surface area contributed by atoms with Crippen LogP contribution in [0.1, 0.15) is 51.3 Å². The van der Waals surface area contributed by atoms with Crippen molar-refractivity contribution in [2.45, 2.75) is 57.6 Å². The van der Waals surface area contributed by atoms with Gasteiger partial charge >= 0.3 is 0 Å². The lowest BCUT2D eigenvalue weighted by Gasteiger charge is -2.35. The average Bonchev–Trinajstić information content (AvgIpc) is 3.23. The van der Waals surface area contributed by atoms with Crippen molar-refractivity contribution in [1.82, 2.24) is 19.9 Å². The van der Waals surface area contributed by atoms with Gasteiger partial charge in [0.2, 0.25) is 5.95 Å². The number of aromatic amines is 1. The SMILES string of the molecule is CC(C)[C@H]1OCCC[C@@H]1Nc1ccnc(N2CCC(c3ncc[nH]3)CC2)n1. The van der Waals surface area contributed by atoms with E-state index in [1.807, 2.05) is 24.7 Å². The van der Waals surface area contributed by atoms with Gasteiger partial charge in [0.1, 0.15) is 11.6 Å². The molecule has 0 spiro atoms. The minimum absolute atomic E-state index is 0.237. The van der Waals surface area contributed by atoms with Gasteiger partial charge in [-0.2, -0.15) is 4.98 Å². The first-order valence-corrected chi connectivity index (χ1v) is 10.2. The summed E-state index contributed by atoms with van der Waals surface area (Å²) < 4.78 is 5.99. The summed E-state index contributed by atoms with van der Waals surface area (Å²) >= 11 is 0. The van der Waals surface area contributed by atoms with Crippen LogP contribution in [0.4, 0.5) is 11.8 Å². The Kier molecular flexibility index (Phi) is 5.57. The van der Waals surface area contributed by atoms with Crippen LogP contribution in [-0.2, 0) is 4.74 Å². The number of piperidine rings is 1. The second kappa shape index (κ2) is 8.25. The molecule has 4 heterocycles. The van der Waals surface area contributed by atoms with Gasteiger partial charge in [-0.15, -0.1) is 0 Å². The van der Waals surface area contributed by atoms with Crippen LogP contribution >= 0.6 is 0 Å². The molecule has 2 atom stereocenters. The molecule has 2 aromatic heterocycles. The topological polar surface area (TPSA) is 79.0 Å². The normalized spacial score (nSPS) is 24.3. The number of imidazole rings is 1. The largest absolute Gasteiger partial charge is 0.376 e. The van der Waals surface area contributed by atoms with Gasteiger partial charge in [-0.05, 0) is 37.7 Å². The summed E-state index contributed by atoms with van der Waals surface area (Å²) in [4.78, 5) is 19.3. The highest BCUT2D eigenvalue weighted by Crippen LogP contribution is 2.28. The molecule has 2 N–H and O–H groups in total. The zero-order chi connectivity index (χ0) is 18.6. The van der Waals surface area contributed by atoms with Crippen molar-refractivity contribution >= 4 is 11.8 Å². The quantitative estimate of drug-likeness (QED) is 0.841. The standard InChI is InChI=1S/C20H30N6O/c1-14(2)18-16(4-3-13-27-18)24-17-5-8-23-20(25-17)26-11-6-15(7-12-26)19-21-9-10-22-19/h5,8-10,14-16,18H,3-4,6-7,11-13H2,1-2H3,(H,21,22)(H,23,24,25)/t16-,18+/m0/s1. The highest BCUT2D eigenvalue weighted by atomic mass is 16.5. The summed E-state index contributed by atoms with van der Waals surface area (Å²) in [6, 6.07) is 2.27. The Balaban J connectivity index is 1.39. The van der Waals surface area contributed by atoms with Crippen molar-refractivity contribution < 1.29 is 4.74 Å². The minimum atomic E-state index is 0.237. The molecule has 2 saturated heterocycles. The van der Waals surface area contributed by atoms with Crippen molar-refractivity contribution in [2.24, 2.45) is 5.92 Å². The van der Waals surface area contributed by atoms with E-state index >= 15 is 0 Å². The van der Waals surface area contributed by atoms with Crippen LogP contribution in [0.2, 0.25) is 0 Å². The number of nitrogens with one attached hydrogen (secondary N) is 2. The van der Waals surface area contributed by atoms with Gasteiger partial charge in [-0.1, -0.05) is 13.8 Å². The maximum atomic E-state index is 5.99. The third-order valence-electron chi connectivity index (χ3n) is 5.68. The van der Waals surface area contributed by atoms with E-state index in [1.54, 1.807) is 0 Å². The van der Waals surface area contributed by atoms with Crippen LogP contribution in [-0.4, -0.2) is 51.8 Å². The van der Waals surface area contributed by atoms with Gasteiger partial charge in [-0.3, -0.25) is 0 Å². The second-order valence-electron chi connectivity index (χ2n) is 7.95. The Bertz CT molecular complexity index is 711. The van der Waals surface area contributed by atoms with E-state index < -0.39 is 0 Å². The number of ether oxygens (including phenoxy) is 1. The molecule has 0 aromatic carbocycles. The Morgan fingerprint density at radius 3 is 2.78 bits per heavy atom.